The van der Waals surface area contributed by atoms with Crippen molar-refractivity contribution in [3.05, 3.63) is 34.3 Å². The first-order valence-corrected chi connectivity index (χ1v) is 6.10. The zero-order chi connectivity index (χ0) is 15.6. The summed E-state index contributed by atoms with van der Waals surface area (Å²) in [4.78, 5) is 13.1. The topological polar surface area (TPSA) is 53.9 Å². The summed E-state index contributed by atoms with van der Waals surface area (Å²) in [6.07, 6.45) is 3.02. The summed E-state index contributed by atoms with van der Waals surface area (Å²) in [5.41, 5.74) is 0.492. The van der Waals surface area contributed by atoms with Gasteiger partial charge >= 0.3 is 0 Å². The van der Waals surface area contributed by atoms with Crippen LogP contribution in [-0.4, -0.2) is 29.0 Å². The summed E-state index contributed by atoms with van der Waals surface area (Å²) in [7, 11) is 1.45. The van der Waals surface area contributed by atoms with Gasteiger partial charge in [-0.3, -0.25) is 0 Å². The third kappa shape index (κ3) is 2.88. The zero-order valence-corrected chi connectivity index (χ0v) is 11.7. The molecule has 0 aromatic carbocycles. The predicted octanol–water partition coefficient (Wildman–Crippen LogP) is 3.10. The van der Waals surface area contributed by atoms with E-state index in [9.17, 15) is 0 Å². The Labute approximate surface area is 123 Å². The predicted molar refractivity (Wildman–Crippen MR) is 76.6 cm³/mol. The third-order valence-corrected chi connectivity index (χ3v) is 2.83. The van der Waals surface area contributed by atoms with Crippen molar-refractivity contribution in [1.82, 2.24) is 15.0 Å². The van der Waals surface area contributed by atoms with Crippen LogP contribution < -0.4 is 10.2 Å². The molecule has 1 N–H and O–H groups in total. The molecule has 0 fully saturated rings. The molecule has 0 aliphatic rings. The highest BCUT2D eigenvalue weighted by Gasteiger charge is 2.09. The molecule has 2 aromatic rings. The first-order chi connectivity index (χ1) is 9.79. The van der Waals surface area contributed by atoms with Gasteiger partial charge in [0.15, 0.2) is 5.82 Å². The van der Waals surface area contributed by atoms with Gasteiger partial charge in [-0.15, -0.1) is 0 Å². The van der Waals surface area contributed by atoms with Crippen LogP contribution in [0.4, 0.5) is 17.3 Å². The largest absolute Gasteiger partial charge is 0.361 e. The van der Waals surface area contributed by atoms with Crippen LogP contribution in [0.15, 0.2) is 29.0 Å². The molecule has 0 saturated heterocycles. The SMILES string of the molecule is [2H]C([2H])([2H])N(C)c1ncccc1Nc1nc(Cl)ncc1Br. The first kappa shape index (κ1) is 9.52. The normalized spacial score (nSPS) is 13.4. The summed E-state index contributed by atoms with van der Waals surface area (Å²) < 4.78 is 23.0. The number of hydrogen-bond acceptors (Lipinski definition) is 5. The molecule has 0 unspecified atom stereocenters. The number of hydrogen-bond donors (Lipinski definition) is 1. The van der Waals surface area contributed by atoms with Crippen molar-refractivity contribution in [2.45, 2.75) is 0 Å². The van der Waals surface area contributed by atoms with Gasteiger partial charge in [0.25, 0.3) is 0 Å². The zero-order valence-electron chi connectivity index (χ0n) is 12.4. The van der Waals surface area contributed by atoms with E-state index in [2.05, 4.69) is 36.2 Å². The molecule has 0 amide bonds. The third-order valence-electron chi connectivity index (χ3n) is 2.07. The number of nitrogens with one attached hydrogen (secondary N) is 1. The van der Waals surface area contributed by atoms with Gasteiger partial charge in [-0.25, -0.2) is 9.97 Å². The molecule has 0 aliphatic heterocycles. The summed E-state index contributed by atoms with van der Waals surface area (Å²) >= 11 is 9.06. The standard InChI is InChI=1S/C11H11BrClN5/c1-18(2)10-8(4-3-5-14-10)16-9-7(12)6-15-11(13)17-9/h3-6H,1-2H3,(H,15,16,17)/i1D3. The Bertz CT molecular complexity index is 652. The number of rotatable bonds is 3. The van der Waals surface area contributed by atoms with E-state index in [4.69, 9.17) is 15.7 Å². The number of aromatic nitrogens is 3. The van der Waals surface area contributed by atoms with Gasteiger partial charge in [0.1, 0.15) is 5.82 Å². The first-order valence-electron chi connectivity index (χ1n) is 6.43. The molecule has 5 nitrogen and oxygen atoms in total. The minimum absolute atomic E-state index is 0.0790. The van der Waals surface area contributed by atoms with Crippen molar-refractivity contribution < 1.29 is 4.11 Å². The average molecular weight is 332 g/mol. The molecule has 2 heterocycles. The monoisotopic (exact) mass is 330 g/mol. The lowest BCUT2D eigenvalue weighted by Crippen LogP contribution is -2.13. The highest BCUT2D eigenvalue weighted by molar-refractivity contribution is 9.10. The van der Waals surface area contributed by atoms with E-state index in [0.29, 0.717) is 16.0 Å². The molecule has 94 valence electrons. The lowest BCUT2D eigenvalue weighted by Gasteiger charge is -2.16. The van der Waals surface area contributed by atoms with E-state index in [1.807, 2.05) is 0 Å². The molecule has 18 heavy (non-hydrogen) atoms. The molecule has 7 heteroatoms. The fourth-order valence-electron chi connectivity index (χ4n) is 1.32. The van der Waals surface area contributed by atoms with Crippen LogP contribution in [0.3, 0.4) is 0 Å². The Balaban J connectivity index is 2.39. The lowest BCUT2D eigenvalue weighted by atomic mass is 10.3. The smallest absolute Gasteiger partial charge is 0.224 e. The summed E-state index contributed by atoms with van der Waals surface area (Å²) in [6.45, 7) is -2.30. The molecule has 0 saturated carbocycles. The average Bonchev–Trinajstić information content (AvgIpc) is 2.42. The van der Waals surface area contributed by atoms with Crippen molar-refractivity contribution >= 4 is 44.9 Å². The van der Waals surface area contributed by atoms with E-state index in [0.717, 1.165) is 4.90 Å². The van der Waals surface area contributed by atoms with Crippen LogP contribution in [-0.2, 0) is 0 Å². The Kier molecular flexibility index (Phi) is 2.91. The van der Waals surface area contributed by atoms with Gasteiger partial charge in [-0.1, -0.05) is 0 Å². The fraction of sp³-hybridized carbons (Fsp3) is 0.182. The van der Waals surface area contributed by atoms with Gasteiger partial charge in [-0.05, 0) is 39.7 Å². The van der Waals surface area contributed by atoms with Crippen LogP contribution in [0.1, 0.15) is 4.11 Å². The maximum Gasteiger partial charge on any atom is 0.224 e. The number of nitrogens with zero attached hydrogens (tertiary/aromatic N) is 4. The summed E-state index contributed by atoms with van der Waals surface area (Å²) in [6, 6.07) is 3.39. The van der Waals surface area contributed by atoms with Gasteiger partial charge in [0.2, 0.25) is 5.28 Å². The highest BCUT2D eigenvalue weighted by Crippen LogP contribution is 2.28. The number of pyridine rings is 1. The highest BCUT2D eigenvalue weighted by atomic mass is 79.9. The van der Waals surface area contributed by atoms with E-state index in [1.165, 1.54) is 19.4 Å². The van der Waals surface area contributed by atoms with Crippen molar-refractivity contribution in [2.24, 2.45) is 0 Å². The fourth-order valence-corrected chi connectivity index (χ4v) is 1.75. The molecule has 2 aromatic heterocycles. The molecule has 0 spiro atoms. The van der Waals surface area contributed by atoms with Crippen LogP contribution in [0.5, 0.6) is 0 Å². The second kappa shape index (κ2) is 5.49. The Morgan fingerprint density at radius 3 is 3.11 bits per heavy atom. The number of halogens is 2. The van der Waals surface area contributed by atoms with Crippen LogP contribution >= 0.6 is 27.5 Å². The minimum Gasteiger partial charge on any atom is -0.361 e. The van der Waals surface area contributed by atoms with Gasteiger partial charge in [0, 0.05) is 30.5 Å². The lowest BCUT2D eigenvalue weighted by molar-refractivity contribution is 1.07. The van der Waals surface area contributed by atoms with E-state index >= 15 is 0 Å². The maximum atomic E-state index is 7.46. The Morgan fingerprint density at radius 1 is 1.50 bits per heavy atom. The maximum absolute atomic E-state index is 7.46. The second-order valence-corrected chi connectivity index (χ2v) is 4.59. The van der Waals surface area contributed by atoms with E-state index in [-0.39, 0.29) is 11.1 Å². The van der Waals surface area contributed by atoms with Gasteiger partial charge in [0.05, 0.1) is 10.2 Å². The Morgan fingerprint density at radius 2 is 2.33 bits per heavy atom. The molecule has 2 rings (SSSR count). The molecule has 0 radical (unpaired) electrons. The second-order valence-electron chi connectivity index (χ2n) is 3.39. The van der Waals surface area contributed by atoms with Crippen LogP contribution in [0.25, 0.3) is 0 Å². The molecular weight excluding hydrogens is 318 g/mol. The van der Waals surface area contributed by atoms with Crippen molar-refractivity contribution in [1.29, 1.82) is 0 Å². The Hall–Kier alpha value is -1.40. The van der Waals surface area contributed by atoms with Crippen molar-refractivity contribution in [3.8, 4) is 0 Å². The quantitative estimate of drug-likeness (QED) is 0.876. The van der Waals surface area contributed by atoms with Crippen LogP contribution in [0.2, 0.25) is 5.28 Å². The minimum atomic E-state index is -2.30. The molecule has 0 atom stereocenters. The van der Waals surface area contributed by atoms with E-state index in [1.54, 1.807) is 12.1 Å². The van der Waals surface area contributed by atoms with Gasteiger partial charge < -0.3 is 10.2 Å². The summed E-state index contributed by atoms with van der Waals surface area (Å²) in [5.74, 6) is 0.697. The van der Waals surface area contributed by atoms with E-state index < -0.39 is 6.98 Å². The van der Waals surface area contributed by atoms with Crippen molar-refractivity contribution in [3.63, 3.8) is 0 Å². The number of anilines is 3. The molecule has 0 bridgehead atoms. The summed E-state index contributed by atoms with van der Waals surface area (Å²) in [5, 5.41) is 3.08. The van der Waals surface area contributed by atoms with Crippen LogP contribution in [0, 0.1) is 0 Å². The van der Waals surface area contributed by atoms with Crippen molar-refractivity contribution in [2.75, 3.05) is 24.2 Å². The van der Waals surface area contributed by atoms with Gasteiger partial charge in [-0.2, -0.15) is 4.98 Å². The molecule has 0 aliphatic carbocycles. The molecular formula is C11H11BrClN5.